The SMILES string of the molecule is CCOc1cc2c(cc1CNC(=O)[C@@H](NS(=O)(=O)c1ccc(C)cc1)C(C)C)OC(C)C2. The molecule has 0 spiro atoms. The van der Waals surface area contributed by atoms with E-state index in [-0.39, 0.29) is 23.5 Å². The number of ether oxygens (including phenoxy) is 2. The van der Waals surface area contributed by atoms with E-state index >= 15 is 0 Å². The zero-order chi connectivity index (χ0) is 23.5. The van der Waals surface area contributed by atoms with Gasteiger partial charge in [-0.2, -0.15) is 4.72 Å². The van der Waals surface area contributed by atoms with E-state index < -0.39 is 22.0 Å². The Hall–Kier alpha value is -2.58. The van der Waals surface area contributed by atoms with Crippen molar-refractivity contribution >= 4 is 15.9 Å². The molecule has 1 amide bonds. The Morgan fingerprint density at radius 3 is 2.53 bits per heavy atom. The molecule has 0 aliphatic carbocycles. The number of fused-ring (bicyclic) bond motifs is 1. The highest BCUT2D eigenvalue weighted by molar-refractivity contribution is 7.89. The van der Waals surface area contributed by atoms with Crippen molar-refractivity contribution in [3.8, 4) is 11.5 Å². The van der Waals surface area contributed by atoms with Crippen molar-refractivity contribution in [3.63, 3.8) is 0 Å². The number of carbonyl (C=O) groups is 1. The highest BCUT2D eigenvalue weighted by Crippen LogP contribution is 2.35. The Balaban J connectivity index is 1.74. The molecule has 0 saturated carbocycles. The van der Waals surface area contributed by atoms with Crippen LogP contribution in [0.1, 0.15) is 44.4 Å². The van der Waals surface area contributed by atoms with Gasteiger partial charge in [0.1, 0.15) is 23.6 Å². The molecule has 3 rings (SSSR count). The Bertz CT molecular complexity index is 1060. The molecule has 8 heteroatoms. The number of carbonyl (C=O) groups excluding carboxylic acids is 1. The monoisotopic (exact) mass is 460 g/mol. The maximum absolute atomic E-state index is 13.0. The lowest BCUT2D eigenvalue weighted by molar-refractivity contribution is -0.123. The van der Waals surface area contributed by atoms with Gasteiger partial charge in [0.25, 0.3) is 0 Å². The minimum absolute atomic E-state index is 0.103. The molecule has 2 N–H and O–H groups in total. The van der Waals surface area contributed by atoms with E-state index in [9.17, 15) is 13.2 Å². The maximum Gasteiger partial charge on any atom is 0.241 e. The zero-order valence-electron chi connectivity index (χ0n) is 19.3. The molecule has 2 aromatic carbocycles. The normalized spacial score (nSPS) is 16.4. The van der Waals surface area contributed by atoms with E-state index in [1.807, 2.05) is 32.9 Å². The second kappa shape index (κ2) is 9.92. The molecular formula is C24H32N2O5S. The molecule has 1 unspecified atom stereocenters. The van der Waals surface area contributed by atoms with Crippen LogP contribution in [-0.4, -0.2) is 33.1 Å². The second-order valence-electron chi connectivity index (χ2n) is 8.51. The van der Waals surface area contributed by atoms with Crippen LogP contribution in [0.3, 0.4) is 0 Å². The minimum Gasteiger partial charge on any atom is -0.494 e. The first-order valence-electron chi connectivity index (χ1n) is 10.9. The number of aryl methyl sites for hydroxylation is 1. The quantitative estimate of drug-likeness (QED) is 0.599. The average Bonchev–Trinajstić information content (AvgIpc) is 3.09. The molecule has 0 bridgehead atoms. The summed E-state index contributed by atoms with van der Waals surface area (Å²) in [6.07, 6.45) is 0.920. The van der Waals surface area contributed by atoms with Crippen LogP contribution in [0.15, 0.2) is 41.3 Å². The van der Waals surface area contributed by atoms with Gasteiger partial charge in [-0.15, -0.1) is 0 Å². The highest BCUT2D eigenvalue weighted by atomic mass is 32.2. The summed E-state index contributed by atoms with van der Waals surface area (Å²) < 4.78 is 39.8. The van der Waals surface area contributed by atoms with Crippen LogP contribution in [0.4, 0.5) is 0 Å². The van der Waals surface area contributed by atoms with Crippen LogP contribution in [0, 0.1) is 12.8 Å². The third-order valence-corrected chi connectivity index (χ3v) is 6.85. The fourth-order valence-corrected chi connectivity index (χ4v) is 4.99. The van der Waals surface area contributed by atoms with Crippen LogP contribution in [0.25, 0.3) is 0 Å². The highest BCUT2D eigenvalue weighted by Gasteiger charge is 2.29. The van der Waals surface area contributed by atoms with Crippen LogP contribution >= 0.6 is 0 Å². The lowest BCUT2D eigenvalue weighted by Crippen LogP contribution is -2.49. The van der Waals surface area contributed by atoms with Gasteiger partial charge in [-0.1, -0.05) is 31.5 Å². The number of sulfonamides is 1. The molecule has 32 heavy (non-hydrogen) atoms. The fraction of sp³-hybridized carbons (Fsp3) is 0.458. The van der Waals surface area contributed by atoms with E-state index in [1.165, 1.54) is 12.1 Å². The summed E-state index contributed by atoms with van der Waals surface area (Å²) in [7, 11) is -3.84. The summed E-state index contributed by atoms with van der Waals surface area (Å²) in [6.45, 7) is 10.1. The van der Waals surface area contributed by atoms with Gasteiger partial charge in [-0.25, -0.2) is 8.42 Å². The third-order valence-electron chi connectivity index (χ3n) is 5.39. The molecule has 1 aliphatic heterocycles. The van der Waals surface area contributed by atoms with Gasteiger partial charge < -0.3 is 14.8 Å². The lowest BCUT2D eigenvalue weighted by atomic mass is 10.0. The van der Waals surface area contributed by atoms with Crippen molar-refractivity contribution in [1.82, 2.24) is 10.0 Å². The predicted molar refractivity (Wildman–Crippen MR) is 123 cm³/mol. The standard InChI is InChI=1S/C24H32N2O5S/c1-6-30-21-12-18-11-17(5)31-22(18)13-19(21)14-25-24(27)23(15(2)3)26-32(28,29)20-9-7-16(4)8-10-20/h7-10,12-13,15,17,23,26H,6,11,14H2,1-5H3,(H,25,27)/t17?,23-/m0/s1. The van der Waals surface area contributed by atoms with Crippen LogP contribution in [0.5, 0.6) is 11.5 Å². The summed E-state index contributed by atoms with van der Waals surface area (Å²) in [4.78, 5) is 13.1. The molecule has 2 atom stereocenters. The molecule has 0 radical (unpaired) electrons. The van der Waals surface area contributed by atoms with Gasteiger partial charge in [0, 0.05) is 24.1 Å². The van der Waals surface area contributed by atoms with Gasteiger partial charge in [-0.3, -0.25) is 4.79 Å². The van der Waals surface area contributed by atoms with Gasteiger partial charge in [-0.05, 0) is 51.0 Å². The fourth-order valence-electron chi connectivity index (χ4n) is 3.65. The van der Waals surface area contributed by atoms with Crippen LogP contribution in [-0.2, 0) is 27.8 Å². The van der Waals surface area contributed by atoms with Crippen molar-refractivity contribution in [2.45, 2.75) is 64.6 Å². The molecule has 1 heterocycles. The predicted octanol–water partition coefficient (Wildman–Crippen LogP) is 3.34. The Morgan fingerprint density at radius 2 is 1.91 bits per heavy atom. The summed E-state index contributed by atoms with van der Waals surface area (Å²) in [5, 5.41) is 2.86. The zero-order valence-corrected chi connectivity index (χ0v) is 20.1. The summed E-state index contributed by atoms with van der Waals surface area (Å²) in [5.41, 5.74) is 2.83. The number of nitrogens with one attached hydrogen (secondary N) is 2. The van der Waals surface area contributed by atoms with E-state index in [2.05, 4.69) is 10.0 Å². The Morgan fingerprint density at radius 1 is 1.22 bits per heavy atom. The number of hydrogen-bond donors (Lipinski definition) is 2. The minimum atomic E-state index is -3.84. The molecule has 174 valence electrons. The maximum atomic E-state index is 13.0. The molecular weight excluding hydrogens is 428 g/mol. The largest absolute Gasteiger partial charge is 0.494 e. The average molecular weight is 461 g/mol. The first-order valence-corrected chi connectivity index (χ1v) is 12.4. The van der Waals surface area contributed by atoms with Crippen molar-refractivity contribution in [2.75, 3.05) is 6.61 Å². The van der Waals surface area contributed by atoms with Crippen molar-refractivity contribution in [1.29, 1.82) is 0 Å². The third kappa shape index (κ3) is 5.61. The van der Waals surface area contributed by atoms with E-state index in [1.54, 1.807) is 26.0 Å². The van der Waals surface area contributed by atoms with Crippen molar-refractivity contribution < 1.29 is 22.7 Å². The van der Waals surface area contributed by atoms with Gasteiger partial charge >= 0.3 is 0 Å². The first kappa shape index (κ1) is 24.1. The molecule has 0 saturated heterocycles. The number of benzene rings is 2. The smallest absolute Gasteiger partial charge is 0.241 e. The Kier molecular flexibility index (Phi) is 7.46. The Labute approximate surface area is 190 Å². The lowest BCUT2D eigenvalue weighted by Gasteiger charge is -2.22. The van der Waals surface area contributed by atoms with E-state index in [4.69, 9.17) is 9.47 Å². The first-order chi connectivity index (χ1) is 15.1. The summed E-state index contributed by atoms with van der Waals surface area (Å²) >= 11 is 0. The topological polar surface area (TPSA) is 93.7 Å². The molecule has 1 aliphatic rings. The van der Waals surface area contributed by atoms with E-state index in [0.29, 0.717) is 12.4 Å². The molecule has 0 aromatic heterocycles. The number of rotatable bonds is 9. The second-order valence-corrected chi connectivity index (χ2v) is 10.2. The van der Waals surface area contributed by atoms with E-state index in [0.717, 1.165) is 28.9 Å². The van der Waals surface area contributed by atoms with Crippen molar-refractivity contribution in [2.24, 2.45) is 5.92 Å². The summed E-state index contributed by atoms with van der Waals surface area (Å²) in [6, 6.07) is 9.47. The number of amides is 1. The molecule has 7 nitrogen and oxygen atoms in total. The molecule has 2 aromatic rings. The van der Waals surface area contributed by atoms with Crippen LogP contribution in [0.2, 0.25) is 0 Å². The van der Waals surface area contributed by atoms with Gasteiger partial charge in [0.2, 0.25) is 15.9 Å². The van der Waals surface area contributed by atoms with Crippen LogP contribution < -0.4 is 19.5 Å². The van der Waals surface area contributed by atoms with Crippen molar-refractivity contribution in [3.05, 3.63) is 53.1 Å². The van der Waals surface area contributed by atoms with Gasteiger partial charge in [0.15, 0.2) is 0 Å². The number of hydrogen-bond acceptors (Lipinski definition) is 5. The van der Waals surface area contributed by atoms with Gasteiger partial charge in [0.05, 0.1) is 11.5 Å². The molecule has 0 fully saturated rings. The summed E-state index contributed by atoms with van der Waals surface area (Å²) in [5.74, 6) is 0.856.